The van der Waals surface area contributed by atoms with Gasteiger partial charge in [0, 0.05) is 6.42 Å². The van der Waals surface area contributed by atoms with Crippen LogP contribution in [0.25, 0.3) is 0 Å². The molecular formula is C27H36F3NO3. The van der Waals surface area contributed by atoms with Crippen LogP contribution in [0.2, 0.25) is 0 Å². The van der Waals surface area contributed by atoms with Crippen molar-refractivity contribution in [3.8, 4) is 0 Å². The predicted molar refractivity (Wildman–Crippen MR) is 128 cm³/mol. The molecule has 2 saturated carbocycles. The van der Waals surface area contributed by atoms with Crippen molar-refractivity contribution >= 4 is 5.71 Å². The summed E-state index contributed by atoms with van der Waals surface area (Å²) in [7, 11) is 1.10. The van der Waals surface area contributed by atoms with E-state index in [1.54, 1.807) is 0 Å². The highest BCUT2D eigenvalue weighted by Gasteiger charge is 2.45. The van der Waals surface area contributed by atoms with Gasteiger partial charge in [-0.25, -0.2) is 0 Å². The number of rotatable bonds is 6. The lowest BCUT2D eigenvalue weighted by molar-refractivity contribution is -0.0604. The molecule has 4 nitrogen and oxygen atoms in total. The van der Waals surface area contributed by atoms with Gasteiger partial charge in [0.2, 0.25) is 0 Å². The SMILES string of the molecule is C=C1/C(=C\C=C2/CCC[C@]3(C)C([C@H](C)C/C=C/C(=N/OC)C(F)(F)F)=CC[C@@H]23)C[C@@H](O)C[C@@H]1O. The molecule has 2 N–H and O–H groups in total. The molecule has 34 heavy (non-hydrogen) atoms. The molecule has 0 heterocycles. The number of nitrogens with zero attached hydrogens (tertiary/aromatic N) is 1. The number of hydrogen-bond donors (Lipinski definition) is 2. The molecule has 3 rings (SSSR count). The molecule has 0 amide bonds. The lowest BCUT2D eigenvalue weighted by Gasteiger charge is -2.42. The molecule has 0 aromatic rings. The molecule has 3 aliphatic rings. The number of hydrogen-bond acceptors (Lipinski definition) is 4. The van der Waals surface area contributed by atoms with Gasteiger partial charge in [0.1, 0.15) is 7.11 Å². The fourth-order valence-corrected chi connectivity index (χ4v) is 5.87. The molecule has 0 spiro atoms. The zero-order valence-corrected chi connectivity index (χ0v) is 20.2. The molecule has 0 aromatic heterocycles. The third kappa shape index (κ3) is 5.74. The molecule has 0 saturated heterocycles. The number of halogens is 3. The van der Waals surface area contributed by atoms with E-state index in [0.29, 0.717) is 30.8 Å². The molecule has 188 valence electrons. The summed E-state index contributed by atoms with van der Waals surface area (Å²) in [4.78, 5) is 4.33. The molecule has 0 aliphatic heterocycles. The average molecular weight is 480 g/mol. The Labute approximate surface area is 200 Å². The first-order chi connectivity index (χ1) is 16.0. The van der Waals surface area contributed by atoms with E-state index in [9.17, 15) is 23.4 Å². The van der Waals surface area contributed by atoms with Crippen LogP contribution >= 0.6 is 0 Å². The number of alkyl halides is 3. The fourth-order valence-electron chi connectivity index (χ4n) is 5.87. The van der Waals surface area contributed by atoms with E-state index in [0.717, 1.165) is 44.4 Å². The highest BCUT2D eigenvalue weighted by Crippen LogP contribution is 2.57. The van der Waals surface area contributed by atoms with Crippen molar-refractivity contribution in [3.63, 3.8) is 0 Å². The summed E-state index contributed by atoms with van der Waals surface area (Å²) in [5.41, 5.74) is 3.18. The van der Waals surface area contributed by atoms with E-state index in [1.807, 2.05) is 6.08 Å². The second-order valence-corrected chi connectivity index (χ2v) is 9.98. The van der Waals surface area contributed by atoms with E-state index < -0.39 is 24.1 Å². The summed E-state index contributed by atoms with van der Waals surface area (Å²) in [6.45, 7) is 8.34. The van der Waals surface area contributed by atoms with Crippen molar-refractivity contribution < 1.29 is 28.2 Å². The van der Waals surface area contributed by atoms with Crippen LogP contribution in [-0.4, -0.2) is 41.4 Å². The molecule has 5 atom stereocenters. The lowest BCUT2D eigenvalue weighted by atomic mass is 9.62. The van der Waals surface area contributed by atoms with Gasteiger partial charge in [-0.3, -0.25) is 0 Å². The minimum absolute atomic E-state index is 0.0219. The zero-order valence-electron chi connectivity index (χ0n) is 20.2. The number of aliphatic hydroxyl groups excluding tert-OH is 2. The Balaban J connectivity index is 1.73. The van der Waals surface area contributed by atoms with Crippen LogP contribution < -0.4 is 0 Å². The maximum Gasteiger partial charge on any atom is 0.436 e. The van der Waals surface area contributed by atoms with Crippen LogP contribution in [0.1, 0.15) is 58.8 Å². The van der Waals surface area contributed by atoms with Crippen LogP contribution in [0.3, 0.4) is 0 Å². The minimum atomic E-state index is -4.55. The van der Waals surface area contributed by atoms with Gasteiger partial charge in [0.15, 0.2) is 5.71 Å². The van der Waals surface area contributed by atoms with Crippen LogP contribution in [0.5, 0.6) is 0 Å². The zero-order chi connectivity index (χ0) is 25.1. The Bertz CT molecular complexity index is 928. The van der Waals surface area contributed by atoms with Crippen molar-refractivity contribution in [3.05, 3.63) is 59.3 Å². The topological polar surface area (TPSA) is 62.0 Å². The largest absolute Gasteiger partial charge is 0.436 e. The smallest absolute Gasteiger partial charge is 0.399 e. The van der Waals surface area contributed by atoms with Crippen LogP contribution in [0, 0.1) is 17.3 Å². The fraction of sp³-hybridized carbons (Fsp3) is 0.593. The van der Waals surface area contributed by atoms with Gasteiger partial charge in [0.05, 0.1) is 12.2 Å². The first-order valence-electron chi connectivity index (χ1n) is 12.0. The molecule has 0 aromatic carbocycles. The predicted octanol–water partition coefficient (Wildman–Crippen LogP) is 6.19. The van der Waals surface area contributed by atoms with Gasteiger partial charge in [-0.1, -0.05) is 61.0 Å². The Morgan fingerprint density at radius 1 is 1.35 bits per heavy atom. The second kappa shape index (κ2) is 10.6. The lowest BCUT2D eigenvalue weighted by Crippen LogP contribution is -2.32. The van der Waals surface area contributed by atoms with Crippen molar-refractivity contribution in [1.29, 1.82) is 0 Å². The molecular weight excluding hydrogens is 443 g/mol. The van der Waals surface area contributed by atoms with Gasteiger partial charge in [-0.15, -0.1) is 0 Å². The number of oxime groups is 1. The van der Waals surface area contributed by atoms with E-state index in [-0.39, 0.29) is 11.3 Å². The van der Waals surface area contributed by atoms with Crippen molar-refractivity contribution in [2.75, 3.05) is 7.11 Å². The molecule has 0 bridgehead atoms. The van der Waals surface area contributed by atoms with E-state index >= 15 is 0 Å². The first kappa shape index (κ1) is 26.5. The van der Waals surface area contributed by atoms with Crippen molar-refractivity contribution in [2.45, 2.75) is 77.2 Å². The van der Waals surface area contributed by atoms with Gasteiger partial charge >= 0.3 is 6.18 Å². The average Bonchev–Trinajstić information content (AvgIpc) is 3.11. The molecule has 3 aliphatic carbocycles. The second-order valence-electron chi connectivity index (χ2n) is 9.98. The van der Waals surface area contributed by atoms with Gasteiger partial charge in [-0.05, 0) is 73.0 Å². The number of allylic oxidation sites excluding steroid dienone is 7. The van der Waals surface area contributed by atoms with Crippen molar-refractivity contribution in [2.24, 2.45) is 22.4 Å². The quantitative estimate of drug-likeness (QED) is 0.271. The van der Waals surface area contributed by atoms with Gasteiger partial charge in [-0.2, -0.15) is 13.2 Å². The maximum absolute atomic E-state index is 13.0. The third-order valence-electron chi connectivity index (χ3n) is 7.65. The van der Waals surface area contributed by atoms with Crippen LogP contribution in [-0.2, 0) is 4.84 Å². The van der Waals surface area contributed by atoms with Gasteiger partial charge in [0.25, 0.3) is 0 Å². The highest BCUT2D eigenvalue weighted by molar-refractivity contribution is 5.99. The van der Waals surface area contributed by atoms with Crippen LogP contribution in [0.15, 0.2) is 64.4 Å². The van der Waals surface area contributed by atoms with E-state index in [2.05, 4.69) is 42.6 Å². The normalized spacial score (nSPS) is 34.0. The summed E-state index contributed by atoms with van der Waals surface area (Å²) in [5.74, 6) is 0.469. The maximum atomic E-state index is 13.0. The molecule has 0 radical (unpaired) electrons. The Kier molecular flexibility index (Phi) is 8.30. The number of aliphatic hydroxyl groups is 2. The van der Waals surface area contributed by atoms with E-state index in [1.165, 1.54) is 17.2 Å². The van der Waals surface area contributed by atoms with Crippen molar-refractivity contribution in [1.82, 2.24) is 0 Å². The number of fused-ring (bicyclic) bond motifs is 1. The summed E-state index contributed by atoms with van der Waals surface area (Å²) >= 11 is 0. The summed E-state index contributed by atoms with van der Waals surface area (Å²) < 4.78 is 39.0. The molecule has 0 unspecified atom stereocenters. The first-order valence-corrected chi connectivity index (χ1v) is 12.0. The minimum Gasteiger partial charge on any atom is -0.399 e. The standard InChI is InChI=1S/C27H36F3NO3/c1-17(7-5-9-25(31-34-4)27(28,29)30)22-12-13-23-19(8-6-14-26(22,23)3)10-11-20-15-21(32)16-24(33)18(20)2/h5,9-12,17,21,23-24,32-33H,2,6-8,13-16H2,1,3-4H3/b9-5+,19-10+,20-11-,31-25-/t17-,21-,23+,24+,26-/m1/s1. The summed E-state index contributed by atoms with van der Waals surface area (Å²) in [6, 6.07) is 0. The molecule has 7 heteroatoms. The monoisotopic (exact) mass is 479 g/mol. The van der Waals surface area contributed by atoms with Crippen LogP contribution in [0.4, 0.5) is 13.2 Å². The molecule has 2 fully saturated rings. The third-order valence-corrected chi connectivity index (χ3v) is 7.65. The van der Waals surface area contributed by atoms with Gasteiger partial charge < -0.3 is 15.1 Å². The Hall–Kier alpha value is -2.12. The summed E-state index contributed by atoms with van der Waals surface area (Å²) in [6.07, 6.45) is 8.48. The van der Waals surface area contributed by atoms with E-state index in [4.69, 9.17) is 0 Å². The highest BCUT2D eigenvalue weighted by atomic mass is 19.4. The summed E-state index contributed by atoms with van der Waals surface area (Å²) in [5, 5.41) is 23.2. The Morgan fingerprint density at radius 2 is 2.09 bits per heavy atom. The Morgan fingerprint density at radius 3 is 2.76 bits per heavy atom.